The normalized spacial score (nSPS) is 10.3. The number of benzene rings is 2. The maximum absolute atomic E-state index is 13.1. The lowest BCUT2D eigenvalue weighted by atomic mass is 10.2. The Labute approximate surface area is 146 Å². The molecule has 25 heavy (non-hydrogen) atoms. The van der Waals surface area contributed by atoms with Crippen LogP contribution >= 0.6 is 11.3 Å². The first-order valence-corrected chi connectivity index (χ1v) is 8.16. The molecule has 0 fully saturated rings. The van der Waals surface area contributed by atoms with Crippen LogP contribution in [0.15, 0.2) is 54.6 Å². The van der Waals surface area contributed by atoms with Crippen molar-refractivity contribution in [1.82, 2.24) is 15.5 Å². The van der Waals surface area contributed by atoms with Gasteiger partial charge in [0.15, 0.2) is 0 Å². The number of nitrogens with one attached hydrogen (secondary N) is 2. The third-order valence-electron chi connectivity index (χ3n) is 3.18. The monoisotopic (exact) mass is 356 g/mol. The van der Waals surface area contributed by atoms with Crippen LogP contribution in [-0.4, -0.2) is 22.0 Å². The van der Waals surface area contributed by atoms with Gasteiger partial charge in [-0.05, 0) is 30.3 Å². The van der Waals surface area contributed by atoms with Gasteiger partial charge in [-0.25, -0.2) is 4.39 Å². The molecule has 2 amide bonds. The molecule has 1 aromatic heterocycles. The first kappa shape index (κ1) is 16.7. The smallest absolute Gasteiger partial charge is 0.286 e. The van der Waals surface area contributed by atoms with Crippen molar-refractivity contribution in [2.75, 3.05) is 5.32 Å². The van der Waals surface area contributed by atoms with Gasteiger partial charge in [0.05, 0.1) is 6.54 Å². The van der Waals surface area contributed by atoms with E-state index >= 15 is 0 Å². The van der Waals surface area contributed by atoms with Crippen LogP contribution in [0.1, 0.15) is 25.2 Å². The molecular formula is C17H13FN4O2S. The average molecular weight is 356 g/mol. The van der Waals surface area contributed by atoms with Gasteiger partial charge in [0.2, 0.25) is 5.01 Å². The summed E-state index contributed by atoms with van der Waals surface area (Å²) in [6, 6.07) is 14.4. The van der Waals surface area contributed by atoms with Crippen LogP contribution in [0.2, 0.25) is 0 Å². The number of nitrogens with zero attached hydrogens (tertiary/aromatic N) is 2. The molecule has 3 aromatic rings. The maximum atomic E-state index is 13.1. The number of rotatable bonds is 5. The van der Waals surface area contributed by atoms with E-state index in [1.165, 1.54) is 18.2 Å². The second kappa shape index (κ2) is 7.63. The molecule has 0 spiro atoms. The van der Waals surface area contributed by atoms with Gasteiger partial charge in [0.1, 0.15) is 10.8 Å². The van der Waals surface area contributed by atoms with Crippen LogP contribution in [-0.2, 0) is 6.54 Å². The summed E-state index contributed by atoms with van der Waals surface area (Å²) in [5.41, 5.74) is 0.871. The summed E-state index contributed by atoms with van der Waals surface area (Å²) in [5.74, 6) is -1.28. The molecule has 0 aliphatic rings. The zero-order valence-electron chi connectivity index (χ0n) is 12.9. The van der Waals surface area contributed by atoms with E-state index in [1.54, 1.807) is 12.1 Å². The number of carbonyl (C=O) groups excluding carboxylic acids is 2. The minimum atomic E-state index is -0.483. The van der Waals surface area contributed by atoms with Crippen LogP contribution < -0.4 is 10.6 Å². The topological polar surface area (TPSA) is 84.0 Å². The fourth-order valence-corrected chi connectivity index (χ4v) is 2.69. The maximum Gasteiger partial charge on any atom is 0.286 e. The number of aromatic nitrogens is 2. The summed E-state index contributed by atoms with van der Waals surface area (Å²) < 4.78 is 13.1. The summed E-state index contributed by atoms with van der Waals surface area (Å²) in [5, 5.41) is 13.7. The van der Waals surface area contributed by atoms with E-state index in [4.69, 9.17) is 0 Å². The highest BCUT2D eigenvalue weighted by Gasteiger charge is 2.14. The van der Waals surface area contributed by atoms with Gasteiger partial charge in [0.25, 0.3) is 11.8 Å². The Hall–Kier alpha value is -3.13. The fraction of sp³-hybridized carbons (Fsp3) is 0.0588. The first-order chi connectivity index (χ1) is 12.1. The Balaban J connectivity index is 1.58. The predicted octanol–water partition coefficient (Wildman–Crippen LogP) is 2.86. The summed E-state index contributed by atoms with van der Waals surface area (Å²) in [6.07, 6.45) is 0. The lowest BCUT2D eigenvalue weighted by Gasteiger charge is -2.02. The zero-order chi connectivity index (χ0) is 17.6. The molecule has 2 N–H and O–H groups in total. The minimum Gasteiger partial charge on any atom is -0.345 e. The summed E-state index contributed by atoms with van der Waals surface area (Å²) in [6.45, 7) is 0.103. The Morgan fingerprint density at radius 2 is 1.80 bits per heavy atom. The van der Waals surface area contributed by atoms with Gasteiger partial charge in [-0.3, -0.25) is 9.59 Å². The van der Waals surface area contributed by atoms with Crippen molar-refractivity contribution in [1.29, 1.82) is 0 Å². The van der Waals surface area contributed by atoms with Crippen LogP contribution in [0.5, 0.6) is 0 Å². The van der Waals surface area contributed by atoms with E-state index in [-0.39, 0.29) is 23.0 Å². The third-order valence-corrected chi connectivity index (χ3v) is 4.10. The van der Waals surface area contributed by atoms with Crippen molar-refractivity contribution < 1.29 is 14.0 Å². The van der Waals surface area contributed by atoms with Crippen LogP contribution in [0, 0.1) is 5.82 Å². The van der Waals surface area contributed by atoms with Crippen molar-refractivity contribution in [3.63, 3.8) is 0 Å². The summed E-state index contributed by atoms with van der Waals surface area (Å²) in [4.78, 5) is 24.0. The van der Waals surface area contributed by atoms with Crippen LogP contribution in [0.25, 0.3) is 0 Å². The second-order valence-corrected chi connectivity index (χ2v) is 6.08. The van der Waals surface area contributed by atoms with E-state index in [0.29, 0.717) is 10.7 Å². The molecule has 1 heterocycles. The molecule has 126 valence electrons. The van der Waals surface area contributed by atoms with Gasteiger partial charge in [-0.1, -0.05) is 35.6 Å². The molecule has 0 saturated heterocycles. The molecular weight excluding hydrogens is 343 g/mol. The number of hydrogen-bond donors (Lipinski definition) is 2. The molecule has 0 radical (unpaired) electrons. The lowest BCUT2D eigenvalue weighted by molar-refractivity contribution is 0.0949. The van der Waals surface area contributed by atoms with Gasteiger partial charge in [0, 0.05) is 11.3 Å². The Morgan fingerprint density at radius 3 is 2.56 bits per heavy atom. The van der Waals surface area contributed by atoms with E-state index in [0.717, 1.165) is 17.4 Å². The van der Waals surface area contributed by atoms with E-state index in [9.17, 15) is 14.0 Å². The quantitative estimate of drug-likeness (QED) is 0.736. The van der Waals surface area contributed by atoms with Crippen molar-refractivity contribution in [3.8, 4) is 0 Å². The molecule has 0 saturated carbocycles. The van der Waals surface area contributed by atoms with Gasteiger partial charge in [-0.2, -0.15) is 0 Å². The summed E-state index contributed by atoms with van der Waals surface area (Å²) in [7, 11) is 0. The number of para-hydroxylation sites is 1. The van der Waals surface area contributed by atoms with E-state index in [2.05, 4.69) is 20.8 Å². The molecule has 0 atom stereocenters. The standard InChI is InChI=1S/C17H13FN4O2S/c18-12-6-4-5-11(9-12)15(23)19-10-14-21-22-17(25-14)16(24)20-13-7-2-1-3-8-13/h1-9H,10H2,(H,19,23)(H,20,24). The number of anilines is 1. The van der Waals surface area contributed by atoms with Crippen LogP contribution in [0.4, 0.5) is 10.1 Å². The molecule has 0 bridgehead atoms. The Bertz CT molecular complexity index is 898. The minimum absolute atomic E-state index is 0.103. The molecule has 3 rings (SSSR count). The Morgan fingerprint density at radius 1 is 1.00 bits per heavy atom. The number of carbonyl (C=O) groups is 2. The zero-order valence-corrected chi connectivity index (χ0v) is 13.7. The average Bonchev–Trinajstić information content (AvgIpc) is 3.10. The number of halogens is 1. The highest BCUT2D eigenvalue weighted by atomic mass is 32.1. The highest BCUT2D eigenvalue weighted by Crippen LogP contribution is 2.13. The molecule has 8 heteroatoms. The van der Waals surface area contributed by atoms with E-state index in [1.807, 2.05) is 18.2 Å². The van der Waals surface area contributed by atoms with Gasteiger partial charge in [-0.15, -0.1) is 10.2 Å². The SMILES string of the molecule is O=C(NCc1nnc(C(=O)Nc2ccccc2)s1)c1cccc(F)c1. The molecule has 0 aliphatic heterocycles. The van der Waals surface area contributed by atoms with Crippen molar-refractivity contribution >= 4 is 28.8 Å². The molecule has 0 unspecified atom stereocenters. The largest absolute Gasteiger partial charge is 0.345 e. The molecule has 0 aliphatic carbocycles. The third kappa shape index (κ3) is 4.45. The summed E-state index contributed by atoms with van der Waals surface area (Å²) >= 11 is 1.08. The van der Waals surface area contributed by atoms with Crippen molar-refractivity contribution in [2.45, 2.75) is 6.54 Å². The van der Waals surface area contributed by atoms with Crippen LogP contribution in [0.3, 0.4) is 0 Å². The number of hydrogen-bond acceptors (Lipinski definition) is 5. The fourth-order valence-electron chi connectivity index (χ4n) is 2.01. The number of amides is 2. The van der Waals surface area contributed by atoms with Crippen molar-refractivity contribution in [2.24, 2.45) is 0 Å². The van der Waals surface area contributed by atoms with Gasteiger partial charge < -0.3 is 10.6 Å². The van der Waals surface area contributed by atoms with E-state index < -0.39 is 11.7 Å². The van der Waals surface area contributed by atoms with Gasteiger partial charge >= 0.3 is 0 Å². The predicted molar refractivity (Wildman–Crippen MR) is 91.9 cm³/mol. The first-order valence-electron chi connectivity index (χ1n) is 7.34. The van der Waals surface area contributed by atoms with Crippen molar-refractivity contribution in [3.05, 3.63) is 76.0 Å². The molecule has 2 aromatic carbocycles. The molecule has 6 nitrogen and oxygen atoms in total. The second-order valence-electron chi connectivity index (χ2n) is 5.01. The highest BCUT2D eigenvalue weighted by molar-refractivity contribution is 7.13. The lowest BCUT2D eigenvalue weighted by Crippen LogP contribution is -2.22. The Kier molecular flexibility index (Phi) is 5.10.